The Balaban J connectivity index is 2.05. The van der Waals surface area contributed by atoms with Crippen LogP contribution in [0.15, 0.2) is 27.1 Å². The molecule has 2 rings (SSSR count). The van der Waals surface area contributed by atoms with Crippen molar-refractivity contribution in [3.05, 3.63) is 27.1 Å². The van der Waals surface area contributed by atoms with Gasteiger partial charge in [0.1, 0.15) is 5.75 Å². The SMILES string of the molecule is SCC1(COc2c(Br)cccc2Br)CCCCC1. The van der Waals surface area contributed by atoms with Crippen molar-refractivity contribution in [1.29, 1.82) is 0 Å². The van der Waals surface area contributed by atoms with Gasteiger partial charge in [0, 0.05) is 5.41 Å². The van der Waals surface area contributed by atoms with E-state index in [-0.39, 0.29) is 5.41 Å². The quantitative estimate of drug-likeness (QED) is 0.667. The van der Waals surface area contributed by atoms with Gasteiger partial charge in [0.05, 0.1) is 15.6 Å². The van der Waals surface area contributed by atoms with Crippen LogP contribution in [0.5, 0.6) is 5.75 Å². The van der Waals surface area contributed by atoms with Gasteiger partial charge in [0.25, 0.3) is 0 Å². The molecule has 0 unspecified atom stereocenters. The lowest BCUT2D eigenvalue weighted by molar-refractivity contribution is 0.120. The van der Waals surface area contributed by atoms with E-state index in [9.17, 15) is 0 Å². The van der Waals surface area contributed by atoms with E-state index < -0.39 is 0 Å². The third-order valence-electron chi connectivity index (χ3n) is 3.69. The van der Waals surface area contributed by atoms with Gasteiger partial charge in [-0.05, 0) is 62.6 Å². The Labute approximate surface area is 131 Å². The highest BCUT2D eigenvalue weighted by molar-refractivity contribution is 9.11. The van der Waals surface area contributed by atoms with Crippen molar-refractivity contribution < 1.29 is 4.74 Å². The molecule has 18 heavy (non-hydrogen) atoms. The normalized spacial score (nSPS) is 18.6. The second-order valence-electron chi connectivity index (χ2n) is 5.06. The summed E-state index contributed by atoms with van der Waals surface area (Å²) in [5.41, 5.74) is 0.260. The molecule has 1 aromatic rings. The van der Waals surface area contributed by atoms with Crippen LogP contribution in [-0.4, -0.2) is 12.4 Å². The Kier molecular flexibility index (Phi) is 5.46. The highest BCUT2D eigenvalue weighted by atomic mass is 79.9. The van der Waals surface area contributed by atoms with Crippen molar-refractivity contribution in [3.8, 4) is 5.75 Å². The molecule has 1 saturated carbocycles. The van der Waals surface area contributed by atoms with Crippen molar-refractivity contribution in [2.75, 3.05) is 12.4 Å². The number of hydrogen-bond donors (Lipinski definition) is 1. The molecular formula is C14H18Br2OS. The molecule has 1 aromatic carbocycles. The summed E-state index contributed by atoms with van der Waals surface area (Å²) in [5, 5.41) is 0. The van der Waals surface area contributed by atoms with Crippen LogP contribution in [0.25, 0.3) is 0 Å². The number of hydrogen-bond acceptors (Lipinski definition) is 2. The first-order chi connectivity index (χ1) is 8.67. The van der Waals surface area contributed by atoms with Gasteiger partial charge in [0.15, 0.2) is 0 Å². The zero-order valence-electron chi connectivity index (χ0n) is 10.3. The minimum absolute atomic E-state index is 0.260. The topological polar surface area (TPSA) is 9.23 Å². The molecule has 1 aliphatic carbocycles. The first kappa shape index (κ1) is 14.7. The molecule has 1 aliphatic rings. The summed E-state index contributed by atoms with van der Waals surface area (Å²) in [6.45, 7) is 0.762. The summed E-state index contributed by atoms with van der Waals surface area (Å²) in [5.74, 6) is 1.82. The molecule has 0 bridgehead atoms. The van der Waals surface area contributed by atoms with E-state index in [1.54, 1.807) is 0 Å². The van der Waals surface area contributed by atoms with Crippen LogP contribution in [-0.2, 0) is 0 Å². The molecule has 0 aromatic heterocycles. The van der Waals surface area contributed by atoms with Gasteiger partial charge in [0.2, 0.25) is 0 Å². The molecule has 0 saturated heterocycles. The summed E-state index contributed by atoms with van der Waals surface area (Å²) < 4.78 is 8.06. The van der Waals surface area contributed by atoms with Gasteiger partial charge in [-0.2, -0.15) is 12.6 Å². The predicted octanol–water partition coefficient (Wildman–Crippen LogP) is 5.47. The average molecular weight is 394 g/mol. The van der Waals surface area contributed by atoms with Crippen LogP contribution in [0.4, 0.5) is 0 Å². The number of halogens is 2. The highest BCUT2D eigenvalue weighted by Crippen LogP contribution is 2.40. The second-order valence-corrected chi connectivity index (χ2v) is 7.08. The molecule has 100 valence electrons. The Morgan fingerprint density at radius 1 is 1.11 bits per heavy atom. The lowest BCUT2D eigenvalue weighted by Gasteiger charge is -2.35. The lowest BCUT2D eigenvalue weighted by atomic mass is 9.76. The summed E-state index contributed by atoms with van der Waals surface area (Å²) >= 11 is 11.6. The minimum atomic E-state index is 0.260. The smallest absolute Gasteiger partial charge is 0.147 e. The van der Waals surface area contributed by atoms with E-state index in [0.29, 0.717) is 0 Å². The largest absolute Gasteiger partial charge is 0.491 e. The maximum absolute atomic E-state index is 6.06. The molecule has 0 aliphatic heterocycles. The molecule has 1 nitrogen and oxygen atoms in total. The summed E-state index contributed by atoms with van der Waals surface area (Å²) in [6, 6.07) is 6.01. The number of thiol groups is 1. The maximum atomic E-state index is 6.06. The van der Waals surface area contributed by atoms with Crippen LogP contribution >= 0.6 is 44.5 Å². The molecular weight excluding hydrogens is 376 g/mol. The second kappa shape index (κ2) is 6.67. The summed E-state index contributed by atoms with van der Waals surface area (Å²) in [6.07, 6.45) is 6.44. The van der Waals surface area contributed by atoms with Crippen LogP contribution in [0.2, 0.25) is 0 Å². The fourth-order valence-corrected chi connectivity index (χ4v) is 4.13. The van der Waals surface area contributed by atoms with Crippen molar-refractivity contribution in [2.24, 2.45) is 5.41 Å². The third-order valence-corrected chi connectivity index (χ3v) is 5.61. The van der Waals surface area contributed by atoms with Crippen molar-refractivity contribution in [1.82, 2.24) is 0 Å². The van der Waals surface area contributed by atoms with E-state index in [1.165, 1.54) is 32.1 Å². The van der Waals surface area contributed by atoms with Gasteiger partial charge in [-0.1, -0.05) is 25.3 Å². The summed E-state index contributed by atoms with van der Waals surface area (Å²) in [4.78, 5) is 0. The molecule has 0 radical (unpaired) electrons. The van der Waals surface area contributed by atoms with E-state index in [0.717, 1.165) is 27.1 Å². The monoisotopic (exact) mass is 392 g/mol. The van der Waals surface area contributed by atoms with Crippen LogP contribution in [0, 0.1) is 5.41 Å². The van der Waals surface area contributed by atoms with Crippen molar-refractivity contribution in [3.63, 3.8) is 0 Å². The van der Waals surface area contributed by atoms with E-state index in [4.69, 9.17) is 4.74 Å². The fourth-order valence-electron chi connectivity index (χ4n) is 2.50. The fraction of sp³-hybridized carbons (Fsp3) is 0.571. The van der Waals surface area contributed by atoms with Crippen LogP contribution in [0.1, 0.15) is 32.1 Å². The predicted molar refractivity (Wildman–Crippen MR) is 86.7 cm³/mol. The van der Waals surface area contributed by atoms with Crippen molar-refractivity contribution in [2.45, 2.75) is 32.1 Å². The van der Waals surface area contributed by atoms with Gasteiger partial charge in [-0.15, -0.1) is 0 Å². The van der Waals surface area contributed by atoms with E-state index in [1.807, 2.05) is 18.2 Å². The molecule has 4 heteroatoms. The van der Waals surface area contributed by atoms with E-state index >= 15 is 0 Å². The summed E-state index contributed by atoms with van der Waals surface area (Å²) in [7, 11) is 0. The molecule has 1 fully saturated rings. The molecule has 0 heterocycles. The van der Waals surface area contributed by atoms with E-state index in [2.05, 4.69) is 44.5 Å². The Morgan fingerprint density at radius 3 is 2.28 bits per heavy atom. The van der Waals surface area contributed by atoms with Crippen LogP contribution in [0.3, 0.4) is 0 Å². The highest BCUT2D eigenvalue weighted by Gasteiger charge is 2.31. The molecule has 0 amide bonds. The van der Waals surface area contributed by atoms with Gasteiger partial charge < -0.3 is 4.74 Å². The molecule has 0 N–H and O–H groups in total. The zero-order chi connectivity index (χ0) is 13.0. The maximum Gasteiger partial charge on any atom is 0.147 e. The van der Waals surface area contributed by atoms with Gasteiger partial charge in [-0.3, -0.25) is 0 Å². The number of ether oxygens (including phenoxy) is 1. The Morgan fingerprint density at radius 2 is 1.72 bits per heavy atom. The van der Waals surface area contributed by atoms with Gasteiger partial charge >= 0.3 is 0 Å². The molecule has 0 atom stereocenters. The third kappa shape index (κ3) is 3.45. The Hall–Kier alpha value is 0.330. The first-order valence-corrected chi connectivity index (χ1v) is 8.56. The van der Waals surface area contributed by atoms with Crippen molar-refractivity contribution >= 4 is 44.5 Å². The lowest BCUT2D eigenvalue weighted by Crippen LogP contribution is -2.33. The standard InChI is InChI=1S/C14H18Br2OS/c15-11-5-4-6-12(16)13(11)17-9-14(10-18)7-2-1-3-8-14/h4-6,18H,1-3,7-10H2. The first-order valence-electron chi connectivity index (χ1n) is 6.35. The van der Waals surface area contributed by atoms with Crippen LogP contribution < -0.4 is 4.74 Å². The number of benzene rings is 1. The minimum Gasteiger partial charge on any atom is -0.491 e. The Bertz CT molecular complexity index is 383. The number of para-hydroxylation sites is 1. The zero-order valence-corrected chi connectivity index (χ0v) is 14.4. The average Bonchev–Trinajstić information content (AvgIpc) is 2.39. The van der Waals surface area contributed by atoms with Gasteiger partial charge in [-0.25, -0.2) is 0 Å². The molecule has 0 spiro atoms. The number of rotatable bonds is 4.